The molecule has 0 spiro atoms. The third-order valence-corrected chi connectivity index (χ3v) is 3.47. The Bertz CT molecular complexity index is 527. The van der Waals surface area contributed by atoms with Crippen molar-refractivity contribution in [2.24, 2.45) is 13.0 Å². The van der Waals surface area contributed by atoms with Crippen molar-refractivity contribution in [1.29, 1.82) is 0 Å². The lowest BCUT2D eigenvalue weighted by atomic mass is 10.2. The van der Waals surface area contributed by atoms with Crippen LogP contribution in [-0.4, -0.2) is 20.7 Å². The zero-order valence-electron chi connectivity index (χ0n) is 11.7. The van der Waals surface area contributed by atoms with E-state index < -0.39 is 0 Å². The first-order valence-corrected chi connectivity index (χ1v) is 6.96. The Morgan fingerprint density at radius 1 is 1.42 bits per heavy atom. The molecule has 2 rings (SSSR count). The molecular formula is C14H21ClN4. The summed E-state index contributed by atoms with van der Waals surface area (Å²) < 4.78 is 4.11. The summed E-state index contributed by atoms with van der Waals surface area (Å²) in [7, 11) is 1.94. The molecule has 2 heterocycles. The molecule has 0 aliphatic rings. The van der Waals surface area contributed by atoms with Crippen LogP contribution in [0.5, 0.6) is 0 Å². The Labute approximate surface area is 119 Å². The topological polar surface area (TPSA) is 34.8 Å². The average Bonchev–Trinajstić information content (AvgIpc) is 2.91. The molecule has 2 aromatic heterocycles. The van der Waals surface area contributed by atoms with Crippen molar-refractivity contribution < 1.29 is 0 Å². The average molecular weight is 281 g/mol. The third kappa shape index (κ3) is 3.61. The van der Waals surface area contributed by atoms with Crippen molar-refractivity contribution >= 4 is 11.6 Å². The lowest BCUT2D eigenvalue weighted by molar-refractivity contribution is 0.536. The summed E-state index contributed by atoms with van der Waals surface area (Å²) in [6.45, 7) is 7.07. The second kappa shape index (κ2) is 6.26. The quantitative estimate of drug-likeness (QED) is 0.883. The molecular weight excluding hydrogens is 260 g/mol. The summed E-state index contributed by atoms with van der Waals surface area (Å²) in [4.78, 5) is 4.33. The molecule has 5 heteroatoms. The first-order chi connectivity index (χ1) is 9.08. The fourth-order valence-corrected chi connectivity index (χ4v) is 2.12. The molecule has 104 valence electrons. The maximum atomic E-state index is 6.01. The van der Waals surface area contributed by atoms with Gasteiger partial charge in [0.25, 0.3) is 0 Å². The Hall–Kier alpha value is -1.26. The molecule has 0 aromatic carbocycles. The van der Waals surface area contributed by atoms with E-state index in [1.807, 2.05) is 11.6 Å². The zero-order valence-corrected chi connectivity index (χ0v) is 12.5. The van der Waals surface area contributed by atoms with E-state index in [0.29, 0.717) is 11.1 Å². The zero-order chi connectivity index (χ0) is 13.8. The number of rotatable bonds is 6. The van der Waals surface area contributed by atoms with Crippen LogP contribution in [-0.2, 0) is 20.1 Å². The Morgan fingerprint density at radius 2 is 2.21 bits per heavy atom. The molecule has 0 saturated heterocycles. The standard InChI is InChI=1S/C14H21ClN4/c1-11(2)7-16-8-12-5-4-6-19(12)10-14-17-9-13(15)18(14)3/h4-6,9,11,16H,7-8,10H2,1-3H3. The summed E-state index contributed by atoms with van der Waals surface area (Å²) in [6, 6.07) is 4.20. The fraction of sp³-hybridized carbons (Fsp3) is 0.500. The highest BCUT2D eigenvalue weighted by Gasteiger charge is 2.07. The lowest BCUT2D eigenvalue weighted by Gasteiger charge is -2.11. The molecule has 0 unspecified atom stereocenters. The minimum atomic E-state index is 0.664. The second-order valence-electron chi connectivity index (χ2n) is 5.21. The minimum absolute atomic E-state index is 0.664. The van der Waals surface area contributed by atoms with Gasteiger partial charge in [-0.3, -0.25) is 0 Å². The van der Waals surface area contributed by atoms with E-state index in [9.17, 15) is 0 Å². The predicted molar refractivity (Wildman–Crippen MR) is 78.3 cm³/mol. The maximum Gasteiger partial charge on any atom is 0.129 e. The summed E-state index contributed by atoms with van der Waals surface area (Å²) in [5.41, 5.74) is 1.26. The van der Waals surface area contributed by atoms with E-state index >= 15 is 0 Å². The van der Waals surface area contributed by atoms with Crippen LogP contribution in [0.3, 0.4) is 0 Å². The molecule has 0 atom stereocenters. The number of nitrogens with zero attached hydrogens (tertiary/aromatic N) is 3. The highest BCUT2D eigenvalue weighted by atomic mass is 35.5. The Kier molecular flexibility index (Phi) is 4.66. The SMILES string of the molecule is CC(C)CNCc1cccn1Cc1ncc(Cl)n1C. The molecule has 0 aliphatic heterocycles. The third-order valence-electron chi connectivity index (χ3n) is 3.12. The molecule has 0 aliphatic carbocycles. The van der Waals surface area contributed by atoms with Gasteiger partial charge in [-0.15, -0.1) is 0 Å². The van der Waals surface area contributed by atoms with E-state index in [1.165, 1.54) is 5.69 Å². The number of imidazole rings is 1. The van der Waals surface area contributed by atoms with Gasteiger partial charge in [0.1, 0.15) is 11.0 Å². The predicted octanol–water partition coefficient (Wildman–Crippen LogP) is 2.67. The van der Waals surface area contributed by atoms with Crippen LogP contribution in [0.2, 0.25) is 5.15 Å². The van der Waals surface area contributed by atoms with Gasteiger partial charge in [0.05, 0.1) is 12.7 Å². The van der Waals surface area contributed by atoms with Crippen molar-refractivity contribution in [1.82, 2.24) is 19.4 Å². The highest BCUT2D eigenvalue weighted by Crippen LogP contribution is 2.12. The van der Waals surface area contributed by atoms with Crippen molar-refractivity contribution in [3.05, 3.63) is 41.2 Å². The van der Waals surface area contributed by atoms with Gasteiger partial charge in [-0.25, -0.2) is 4.98 Å². The van der Waals surface area contributed by atoms with E-state index in [0.717, 1.165) is 25.5 Å². The Morgan fingerprint density at radius 3 is 2.84 bits per heavy atom. The molecule has 0 radical (unpaired) electrons. The summed E-state index contributed by atoms with van der Waals surface area (Å²) in [5.74, 6) is 1.63. The van der Waals surface area contributed by atoms with Gasteiger partial charge in [-0.2, -0.15) is 0 Å². The van der Waals surface area contributed by atoms with E-state index in [4.69, 9.17) is 11.6 Å². The molecule has 0 amide bonds. The summed E-state index contributed by atoms with van der Waals surface area (Å²) in [6.07, 6.45) is 3.77. The highest BCUT2D eigenvalue weighted by molar-refractivity contribution is 6.29. The van der Waals surface area contributed by atoms with Crippen LogP contribution in [0.15, 0.2) is 24.5 Å². The first-order valence-electron chi connectivity index (χ1n) is 6.58. The lowest BCUT2D eigenvalue weighted by Crippen LogP contribution is -2.21. The monoisotopic (exact) mass is 280 g/mol. The van der Waals surface area contributed by atoms with Crippen LogP contribution in [0.4, 0.5) is 0 Å². The van der Waals surface area contributed by atoms with Crippen molar-refractivity contribution in [2.75, 3.05) is 6.54 Å². The number of hydrogen-bond donors (Lipinski definition) is 1. The largest absolute Gasteiger partial charge is 0.343 e. The molecule has 0 saturated carbocycles. The maximum absolute atomic E-state index is 6.01. The van der Waals surface area contributed by atoms with E-state index in [1.54, 1.807) is 6.20 Å². The fourth-order valence-electron chi connectivity index (χ4n) is 1.98. The number of hydrogen-bond acceptors (Lipinski definition) is 2. The summed E-state index contributed by atoms with van der Waals surface area (Å²) in [5, 5.41) is 4.13. The van der Waals surface area contributed by atoms with Gasteiger partial charge < -0.3 is 14.5 Å². The smallest absolute Gasteiger partial charge is 0.129 e. The molecule has 2 aromatic rings. The van der Waals surface area contributed by atoms with Gasteiger partial charge in [0, 0.05) is 25.5 Å². The van der Waals surface area contributed by atoms with Crippen LogP contribution >= 0.6 is 11.6 Å². The van der Waals surface area contributed by atoms with Crippen LogP contribution in [0, 0.1) is 5.92 Å². The van der Waals surface area contributed by atoms with Gasteiger partial charge in [-0.05, 0) is 24.6 Å². The van der Waals surface area contributed by atoms with E-state index in [2.05, 4.69) is 47.0 Å². The first kappa shape index (κ1) is 14.2. The van der Waals surface area contributed by atoms with Gasteiger partial charge in [0.15, 0.2) is 0 Å². The minimum Gasteiger partial charge on any atom is -0.343 e. The Balaban J connectivity index is 2.01. The molecule has 19 heavy (non-hydrogen) atoms. The van der Waals surface area contributed by atoms with Crippen LogP contribution in [0.1, 0.15) is 25.4 Å². The van der Waals surface area contributed by atoms with Crippen molar-refractivity contribution in [3.63, 3.8) is 0 Å². The number of aromatic nitrogens is 3. The second-order valence-corrected chi connectivity index (χ2v) is 5.60. The van der Waals surface area contributed by atoms with Gasteiger partial charge >= 0.3 is 0 Å². The van der Waals surface area contributed by atoms with Crippen molar-refractivity contribution in [3.8, 4) is 0 Å². The number of halogens is 1. The molecule has 0 bridgehead atoms. The number of nitrogens with one attached hydrogen (secondary N) is 1. The molecule has 4 nitrogen and oxygen atoms in total. The van der Waals surface area contributed by atoms with Gasteiger partial charge in [0.2, 0.25) is 0 Å². The van der Waals surface area contributed by atoms with Gasteiger partial charge in [-0.1, -0.05) is 25.4 Å². The summed E-state index contributed by atoms with van der Waals surface area (Å²) >= 11 is 6.01. The molecule has 0 fully saturated rings. The molecule has 1 N–H and O–H groups in total. The van der Waals surface area contributed by atoms with Crippen LogP contribution < -0.4 is 5.32 Å². The van der Waals surface area contributed by atoms with Crippen molar-refractivity contribution in [2.45, 2.75) is 26.9 Å². The van der Waals surface area contributed by atoms with Crippen LogP contribution in [0.25, 0.3) is 0 Å². The normalized spacial score (nSPS) is 11.4. The van der Waals surface area contributed by atoms with E-state index in [-0.39, 0.29) is 0 Å².